The molecule has 0 aliphatic rings. The molecule has 1 heteroatoms. The van der Waals surface area contributed by atoms with E-state index in [0.29, 0.717) is 5.88 Å². The maximum atomic E-state index is 5.88. The summed E-state index contributed by atoms with van der Waals surface area (Å²) in [5, 5.41) is 0. The zero-order valence-corrected chi connectivity index (χ0v) is 9.36. The van der Waals surface area contributed by atoms with E-state index >= 15 is 0 Å². The Kier molecular flexibility index (Phi) is 3.38. The fraction of sp³-hybridized carbons (Fsp3) is 0.500. The van der Waals surface area contributed by atoms with Crippen LogP contribution in [0.2, 0.25) is 0 Å². The molecule has 1 aromatic rings. The summed E-state index contributed by atoms with van der Waals surface area (Å²) < 4.78 is 0. The molecule has 0 unspecified atom stereocenters. The summed E-state index contributed by atoms with van der Waals surface area (Å²) in [4.78, 5) is 0. The van der Waals surface area contributed by atoms with E-state index in [2.05, 4.69) is 45.0 Å². The summed E-state index contributed by atoms with van der Waals surface area (Å²) in [6.07, 6.45) is 1.05. The fourth-order valence-corrected chi connectivity index (χ4v) is 1.52. The van der Waals surface area contributed by atoms with Crippen molar-refractivity contribution >= 4 is 11.6 Å². The molecule has 0 bridgehead atoms. The molecule has 0 fully saturated rings. The van der Waals surface area contributed by atoms with Gasteiger partial charge in [0, 0.05) is 5.88 Å². The molecule has 1 rings (SSSR count). The predicted octanol–water partition coefficient (Wildman–Crippen LogP) is 3.80. The Hall–Kier alpha value is -0.490. The highest BCUT2D eigenvalue weighted by Crippen LogP contribution is 2.23. The number of hydrogen-bond donors (Lipinski definition) is 0. The van der Waals surface area contributed by atoms with Gasteiger partial charge in [-0.2, -0.15) is 0 Å². The first-order valence-corrected chi connectivity index (χ1v) is 5.18. The Bertz CT molecular complexity index is 276. The molecule has 0 N–H and O–H groups in total. The van der Waals surface area contributed by atoms with Crippen LogP contribution in [-0.2, 0) is 6.42 Å². The van der Waals surface area contributed by atoms with Gasteiger partial charge in [-0.3, -0.25) is 0 Å². The lowest BCUT2D eigenvalue weighted by atomic mass is 9.87. The van der Waals surface area contributed by atoms with Crippen LogP contribution in [0.1, 0.15) is 25.0 Å². The summed E-state index contributed by atoms with van der Waals surface area (Å²) >= 11 is 5.88. The van der Waals surface area contributed by atoms with Gasteiger partial charge in [0.25, 0.3) is 0 Å². The highest BCUT2D eigenvalue weighted by atomic mass is 35.5. The lowest BCUT2D eigenvalue weighted by Crippen LogP contribution is -2.16. The first-order chi connectivity index (χ1) is 6.03. The van der Waals surface area contributed by atoms with Crippen LogP contribution in [0.25, 0.3) is 0 Å². The molecular formula is C12H17Cl. The third-order valence-electron chi connectivity index (χ3n) is 2.13. The second-order valence-corrected chi connectivity index (χ2v) is 4.73. The summed E-state index contributed by atoms with van der Waals surface area (Å²) in [6.45, 7) is 6.52. The van der Waals surface area contributed by atoms with Gasteiger partial charge in [0.15, 0.2) is 0 Å². The third kappa shape index (κ3) is 3.40. The minimum absolute atomic E-state index is 0.204. The average molecular weight is 197 g/mol. The van der Waals surface area contributed by atoms with Crippen molar-refractivity contribution in [3.63, 3.8) is 0 Å². The first-order valence-electron chi connectivity index (χ1n) is 4.65. The summed E-state index contributed by atoms with van der Waals surface area (Å²) in [5.74, 6) is 0.709. The van der Waals surface area contributed by atoms with Gasteiger partial charge in [-0.25, -0.2) is 0 Å². The molecule has 13 heavy (non-hydrogen) atoms. The van der Waals surface area contributed by atoms with Crippen LogP contribution in [0.5, 0.6) is 0 Å². The van der Waals surface area contributed by atoms with Gasteiger partial charge in [0.2, 0.25) is 0 Å². The standard InChI is InChI=1S/C12H17Cl/c1-10-5-4-6-11(7-10)8-12(2,3)9-13/h4-7H,8-9H2,1-3H3. The normalized spacial score (nSPS) is 11.7. The SMILES string of the molecule is Cc1cccc(CC(C)(C)CCl)c1. The van der Waals surface area contributed by atoms with E-state index in [1.807, 2.05) is 0 Å². The maximum absolute atomic E-state index is 5.88. The van der Waals surface area contributed by atoms with Crippen LogP contribution in [0, 0.1) is 12.3 Å². The topological polar surface area (TPSA) is 0 Å². The van der Waals surface area contributed by atoms with Crippen molar-refractivity contribution in [3.8, 4) is 0 Å². The molecule has 0 nitrogen and oxygen atoms in total. The van der Waals surface area contributed by atoms with Crippen molar-refractivity contribution in [1.82, 2.24) is 0 Å². The molecule has 0 radical (unpaired) electrons. The number of aryl methyl sites for hydroxylation is 1. The number of rotatable bonds is 3. The molecule has 0 amide bonds. The van der Waals surface area contributed by atoms with Gasteiger partial charge in [0.05, 0.1) is 0 Å². The van der Waals surface area contributed by atoms with Gasteiger partial charge < -0.3 is 0 Å². The van der Waals surface area contributed by atoms with Gasteiger partial charge in [-0.1, -0.05) is 43.7 Å². The Morgan fingerprint density at radius 2 is 2.00 bits per heavy atom. The van der Waals surface area contributed by atoms with Gasteiger partial charge >= 0.3 is 0 Å². The number of benzene rings is 1. The minimum atomic E-state index is 0.204. The van der Waals surface area contributed by atoms with E-state index in [4.69, 9.17) is 11.6 Å². The number of halogens is 1. The Morgan fingerprint density at radius 1 is 1.31 bits per heavy atom. The maximum Gasteiger partial charge on any atom is 0.0277 e. The minimum Gasteiger partial charge on any atom is -0.126 e. The number of hydrogen-bond acceptors (Lipinski definition) is 0. The van der Waals surface area contributed by atoms with Crippen LogP contribution in [0.15, 0.2) is 24.3 Å². The van der Waals surface area contributed by atoms with Crippen LogP contribution in [0.4, 0.5) is 0 Å². The van der Waals surface area contributed by atoms with Crippen molar-refractivity contribution in [1.29, 1.82) is 0 Å². The Morgan fingerprint density at radius 3 is 2.54 bits per heavy atom. The third-order valence-corrected chi connectivity index (χ3v) is 2.85. The monoisotopic (exact) mass is 196 g/mol. The van der Waals surface area contributed by atoms with Gasteiger partial charge in [-0.05, 0) is 24.3 Å². The van der Waals surface area contributed by atoms with E-state index in [0.717, 1.165) is 6.42 Å². The van der Waals surface area contributed by atoms with Crippen LogP contribution < -0.4 is 0 Å². The van der Waals surface area contributed by atoms with E-state index in [1.165, 1.54) is 11.1 Å². The highest BCUT2D eigenvalue weighted by molar-refractivity contribution is 6.18. The molecule has 0 spiro atoms. The highest BCUT2D eigenvalue weighted by Gasteiger charge is 2.16. The lowest BCUT2D eigenvalue weighted by molar-refractivity contribution is 0.418. The van der Waals surface area contributed by atoms with Gasteiger partial charge in [0.1, 0.15) is 0 Å². The molecule has 1 aromatic carbocycles. The molecule has 72 valence electrons. The zero-order chi connectivity index (χ0) is 9.90. The molecule has 0 heterocycles. The number of alkyl halides is 1. The second-order valence-electron chi connectivity index (χ2n) is 4.46. The summed E-state index contributed by atoms with van der Waals surface area (Å²) in [7, 11) is 0. The lowest BCUT2D eigenvalue weighted by Gasteiger charge is -2.21. The molecule has 0 aromatic heterocycles. The largest absolute Gasteiger partial charge is 0.126 e. The molecule has 0 saturated heterocycles. The van der Waals surface area contributed by atoms with Crippen LogP contribution in [0.3, 0.4) is 0 Å². The zero-order valence-electron chi connectivity index (χ0n) is 8.60. The van der Waals surface area contributed by atoms with Crippen molar-refractivity contribution in [2.24, 2.45) is 5.41 Å². The quantitative estimate of drug-likeness (QED) is 0.646. The first kappa shape index (κ1) is 10.6. The molecule has 0 atom stereocenters. The predicted molar refractivity (Wildman–Crippen MR) is 59.4 cm³/mol. The van der Waals surface area contributed by atoms with Crippen LogP contribution >= 0.6 is 11.6 Å². The van der Waals surface area contributed by atoms with Crippen molar-refractivity contribution in [2.75, 3.05) is 5.88 Å². The molecular weight excluding hydrogens is 180 g/mol. The van der Waals surface area contributed by atoms with E-state index in [-0.39, 0.29) is 5.41 Å². The summed E-state index contributed by atoms with van der Waals surface area (Å²) in [5.41, 5.74) is 2.91. The molecule has 0 aliphatic carbocycles. The van der Waals surface area contributed by atoms with E-state index in [9.17, 15) is 0 Å². The fourth-order valence-electron chi connectivity index (χ4n) is 1.42. The van der Waals surface area contributed by atoms with Crippen molar-refractivity contribution in [3.05, 3.63) is 35.4 Å². The molecule has 0 saturated carbocycles. The summed E-state index contributed by atoms with van der Waals surface area (Å²) in [6, 6.07) is 8.63. The van der Waals surface area contributed by atoms with Crippen LogP contribution in [-0.4, -0.2) is 5.88 Å². The Balaban J connectivity index is 2.74. The van der Waals surface area contributed by atoms with Crippen molar-refractivity contribution < 1.29 is 0 Å². The van der Waals surface area contributed by atoms with Gasteiger partial charge in [-0.15, -0.1) is 11.6 Å². The molecule has 0 aliphatic heterocycles. The Labute approximate surface area is 85.9 Å². The van der Waals surface area contributed by atoms with Crippen molar-refractivity contribution in [2.45, 2.75) is 27.2 Å². The van der Waals surface area contributed by atoms with E-state index < -0.39 is 0 Å². The van der Waals surface area contributed by atoms with E-state index in [1.54, 1.807) is 0 Å². The second kappa shape index (κ2) is 4.15. The smallest absolute Gasteiger partial charge is 0.0277 e. The average Bonchev–Trinajstić information content (AvgIpc) is 2.03.